The zero-order valence-electron chi connectivity index (χ0n) is 12.6. The molecule has 0 saturated carbocycles. The van der Waals surface area contributed by atoms with Crippen molar-refractivity contribution in [1.82, 2.24) is 0 Å². The third-order valence-electron chi connectivity index (χ3n) is 3.59. The molecule has 0 aromatic heterocycles. The van der Waals surface area contributed by atoms with Gasteiger partial charge in [-0.25, -0.2) is 0 Å². The van der Waals surface area contributed by atoms with Crippen LogP contribution in [-0.2, 0) is 13.1 Å². The number of rotatable bonds is 5. The summed E-state index contributed by atoms with van der Waals surface area (Å²) in [5.41, 5.74) is 11.0. The van der Waals surface area contributed by atoms with Crippen molar-refractivity contribution in [3.05, 3.63) is 65.2 Å². The smallest absolute Gasteiger partial charge is 0.0432 e. The van der Waals surface area contributed by atoms with Crippen LogP contribution in [0.4, 0.5) is 5.69 Å². The van der Waals surface area contributed by atoms with Crippen LogP contribution in [0.5, 0.6) is 0 Å². The predicted octanol–water partition coefficient (Wildman–Crippen LogP) is 3.87. The van der Waals surface area contributed by atoms with E-state index in [1.54, 1.807) is 0 Å². The fraction of sp³-hybridized carbons (Fsp3) is 0.333. The van der Waals surface area contributed by atoms with E-state index in [2.05, 4.69) is 74.2 Å². The number of hydrogen-bond acceptors (Lipinski definition) is 2. The molecule has 2 heteroatoms. The van der Waals surface area contributed by atoms with Crippen molar-refractivity contribution in [2.24, 2.45) is 5.73 Å². The topological polar surface area (TPSA) is 29.3 Å². The summed E-state index contributed by atoms with van der Waals surface area (Å²) < 4.78 is 0. The highest BCUT2D eigenvalue weighted by Gasteiger charge is 2.14. The maximum Gasteiger partial charge on any atom is 0.0432 e. The normalized spacial score (nSPS) is 10.8. The molecule has 0 saturated heterocycles. The second kappa shape index (κ2) is 6.58. The van der Waals surface area contributed by atoms with Crippen LogP contribution >= 0.6 is 0 Å². The summed E-state index contributed by atoms with van der Waals surface area (Å²) in [6.45, 7) is 8.07. The van der Waals surface area contributed by atoms with Crippen molar-refractivity contribution in [3.8, 4) is 0 Å². The number of anilines is 1. The number of aryl methyl sites for hydroxylation is 1. The van der Waals surface area contributed by atoms with Gasteiger partial charge in [-0.1, -0.05) is 42.5 Å². The summed E-state index contributed by atoms with van der Waals surface area (Å²) in [6, 6.07) is 17.5. The number of hydrogen-bond donors (Lipinski definition) is 1. The van der Waals surface area contributed by atoms with Gasteiger partial charge in [-0.2, -0.15) is 0 Å². The van der Waals surface area contributed by atoms with Crippen LogP contribution in [-0.4, -0.2) is 6.04 Å². The van der Waals surface area contributed by atoms with E-state index in [9.17, 15) is 0 Å². The van der Waals surface area contributed by atoms with Crippen molar-refractivity contribution in [3.63, 3.8) is 0 Å². The molecule has 2 rings (SSSR count). The van der Waals surface area contributed by atoms with E-state index in [1.807, 2.05) is 0 Å². The third-order valence-corrected chi connectivity index (χ3v) is 3.59. The Hall–Kier alpha value is -1.80. The van der Waals surface area contributed by atoms with Crippen LogP contribution in [0.2, 0.25) is 0 Å². The monoisotopic (exact) mass is 268 g/mol. The van der Waals surface area contributed by atoms with Gasteiger partial charge in [-0.05, 0) is 43.5 Å². The van der Waals surface area contributed by atoms with E-state index in [-0.39, 0.29) is 0 Å². The molecule has 2 aromatic rings. The van der Waals surface area contributed by atoms with Crippen LogP contribution < -0.4 is 10.6 Å². The second-order valence-corrected chi connectivity index (χ2v) is 5.54. The Morgan fingerprint density at radius 2 is 1.75 bits per heavy atom. The second-order valence-electron chi connectivity index (χ2n) is 5.54. The first-order valence-corrected chi connectivity index (χ1v) is 7.22. The van der Waals surface area contributed by atoms with Gasteiger partial charge in [0.15, 0.2) is 0 Å². The predicted molar refractivity (Wildman–Crippen MR) is 86.8 cm³/mol. The van der Waals surface area contributed by atoms with Gasteiger partial charge in [-0.3, -0.25) is 0 Å². The van der Waals surface area contributed by atoms with Crippen molar-refractivity contribution in [2.45, 2.75) is 39.9 Å². The van der Waals surface area contributed by atoms with Gasteiger partial charge in [0.1, 0.15) is 0 Å². The van der Waals surface area contributed by atoms with E-state index in [1.165, 1.54) is 22.4 Å². The van der Waals surface area contributed by atoms with Gasteiger partial charge in [-0.15, -0.1) is 0 Å². The SMILES string of the molecule is Cc1ccc(CN)c(N(Cc2ccccc2)C(C)C)c1. The highest BCUT2D eigenvalue weighted by atomic mass is 15.2. The fourth-order valence-electron chi connectivity index (χ4n) is 2.44. The summed E-state index contributed by atoms with van der Waals surface area (Å²) in [6.07, 6.45) is 0. The number of nitrogens with two attached hydrogens (primary N) is 1. The third kappa shape index (κ3) is 3.40. The van der Waals surface area contributed by atoms with E-state index in [0.29, 0.717) is 12.6 Å². The minimum Gasteiger partial charge on any atom is -0.365 e. The molecule has 0 unspecified atom stereocenters. The van der Waals surface area contributed by atoms with Crippen LogP contribution in [0.25, 0.3) is 0 Å². The molecule has 2 aromatic carbocycles. The Kier molecular flexibility index (Phi) is 4.80. The molecule has 2 N–H and O–H groups in total. The molecule has 0 atom stereocenters. The quantitative estimate of drug-likeness (QED) is 0.892. The molecule has 2 nitrogen and oxygen atoms in total. The summed E-state index contributed by atoms with van der Waals surface area (Å²) in [7, 11) is 0. The first kappa shape index (κ1) is 14.6. The van der Waals surface area contributed by atoms with Crippen molar-refractivity contribution < 1.29 is 0 Å². The van der Waals surface area contributed by atoms with Crippen molar-refractivity contribution in [1.29, 1.82) is 0 Å². The first-order chi connectivity index (χ1) is 9.61. The van der Waals surface area contributed by atoms with Crippen LogP contribution in [0.1, 0.15) is 30.5 Å². The van der Waals surface area contributed by atoms with Crippen molar-refractivity contribution >= 4 is 5.69 Å². The standard InChI is InChI=1S/C18H24N2/c1-14(2)20(13-16-7-5-4-6-8-16)18-11-15(3)9-10-17(18)12-19/h4-11,14H,12-13,19H2,1-3H3. The van der Waals surface area contributed by atoms with E-state index in [4.69, 9.17) is 5.73 Å². The van der Waals surface area contributed by atoms with Gasteiger partial charge in [0, 0.05) is 24.8 Å². The molecule has 0 radical (unpaired) electrons. The maximum atomic E-state index is 5.91. The molecule has 0 bridgehead atoms. The minimum atomic E-state index is 0.433. The summed E-state index contributed by atoms with van der Waals surface area (Å²) in [4.78, 5) is 2.42. The van der Waals surface area contributed by atoms with Crippen molar-refractivity contribution in [2.75, 3.05) is 4.90 Å². The Balaban J connectivity index is 2.36. The van der Waals surface area contributed by atoms with E-state index < -0.39 is 0 Å². The molecule has 0 heterocycles. The van der Waals surface area contributed by atoms with E-state index >= 15 is 0 Å². The lowest BCUT2D eigenvalue weighted by molar-refractivity contribution is 0.678. The van der Waals surface area contributed by atoms with Crippen LogP contribution in [0.3, 0.4) is 0 Å². The van der Waals surface area contributed by atoms with Crippen LogP contribution in [0.15, 0.2) is 48.5 Å². The van der Waals surface area contributed by atoms with Gasteiger partial charge in [0.05, 0.1) is 0 Å². The molecular weight excluding hydrogens is 244 g/mol. The molecular formula is C18H24N2. The van der Waals surface area contributed by atoms with E-state index in [0.717, 1.165) is 6.54 Å². The lowest BCUT2D eigenvalue weighted by atomic mass is 10.1. The Bertz CT molecular complexity index is 547. The lowest BCUT2D eigenvalue weighted by Crippen LogP contribution is -2.31. The molecule has 20 heavy (non-hydrogen) atoms. The summed E-state index contributed by atoms with van der Waals surface area (Å²) in [5.74, 6) is 0. The Morgan fingerprint density at radius 1 is 1.05 bits per heavy atom. The molecule has 0 aliphatic heterocycles. The molecule has 0 aliphatic carbocycles. The van der Waals surface area contributed by atoms with Gasteiger partial charge in [0.2, 0.25) is 0 Å². The Labute approximate surface area is 122 Å². The van der Waals surface area contributed by atoms with Gasteiger partial charge < -0.3 is 10.6 Å². The molecule has 0 fully saturated rings. The average molecular weight is 268 g/mol. The number of benzene rings is 2. The summed E-state index contributed by atoms with van der Waals surface area (Å²) >= 11 is 0. The summed E-state index contributed by atoms with van der Waals surface area (Å²) in [5, 5.41) is 0. The fourth-order valence-corrected chi connectivity index (χ4v) is 2.44. The van der Waals surface area contributed by atoms with Gasteiger partial charge >= 0.3 is 0 Å². The highest BCUT2D eigenvalue weighted by Crippen LogP contribution is 2.26. The first-order valence-electron chi connectivity index (χ1n) is 7.22. The molecule has 0 amide bonds. The van der Waals surface area contributed by atoms with Crippen LogP contribution in [0, 0.1) is 6.92 Å². The number of nitrogens with zero attached hydrogens (tertiary/aromatic N) is 1. The lowest BCUT2D eigenvalue weighted by Gasteiger charge is -2.31. The minimum absolute atomic E-state index is 0.433. The molecule has 0 aliphatic rings. The molecule has 0 spiro atoms. The zero-order valence-corrected chi connectivity index (χ0v) is 12.6. The zero-order chi connectivity index (χ0) is 14.5. The maximum absolute atomic E-state index is 5.91. The average Bonchev–Trinajstić information content (AvgIpc) is 2.45. The van der Waals surface area contributed by atoms with Gasteiger partial charge in [0.25, 0.3) is 0 Å². The molecule has 106 valence electrons. The Morgan fingerprint density at radius 3 is 2.35 bits per heavy atom. The largest absolute Gasteiger partial charge is 0.365 e. The highest BCUT2D eigenvalue weighted by molar-refractivity contribution is 5.56.